The van der Waals surface area contributed by atoms with Crippen LogP contribution in [0.3, 0.4) is 0 Å². The van der Waals surface area contributed by atoms with E-state index in [4.69, 9.17) is 11.6 Å². The van der Waals surface area contributed by atoms with Gasteiger partial charge in [0.2, 0.25) is 11.8 Å². The third-order valence-corrected chi connectivity index (χ3v) is 4.74. The fourth-order valence-electron chi connectivity index (χ4n) is 3.34. The van der Waals surface area contributed by atoms with Crippen LogP contribution in [0.5, 0.6) is 0 Å². The molecule has 23 heavy (non-hydrogen) atoms. The van der Waals surface area contributed by atoms with Crippen LogP contribution in [0.1, 0.15) is 12.8 Å². The highest BCUT2D eigenvalue weighted by Gasteiger charge is 2.43. The van der Waals surface area contributed by atoms with Gasteiger partial charge in [-0.2, -0.15) is 0 Å². The number of carbonyl (C=O) groups excluding carboxylic acids is 2. The lowest BCUT2D eigenvalue weighted by Crippen LogP contribution is -2.44. The van der Waals surface area contributed by atoms with Crippen molar-refractivity contribution < 1.29 is 19.8 Å². The van der Waals surface area contributed by atoms with Crippen LogP contribution in [0.15, 0.2) is 24.3 Å². The van der Waals surface area contributed by atoms with Crippen molar-refractivity contribution in [2.45, 2.75) is 25.0 Å². The molecule has 2 heterocycles. The number of nitrogens with zero attached hydrogens (tertiary/aromatic N) is 2. The van der Waals surface area contributed by atoms with Gasteiger partial charge in [0, 0.05) is 23.8 Å². The van der Waals surface area contributed by atoms with Crippen LogP contribution in [-0.2, 0) is 9.59 Å². The highest BCUT2D eigenvalue weighted by molar-refractivity contribution is 6.31. The molecule has 0 aromatic heterocycles. The van der Waals surface area contributed by atoms with Gasteiger partial charge in [-0.05, 0) is 31.0 Å². The van der Waals surface area contributed by atoms with Gasteiger partial charge < -0.3 is 20.0 Å². The lowest BCUT2D eigenvalue weighted by atomic mass is 10.1. The van der Waals surface area contributed by atoms with Crippen LogP contribution in [0.4, 0.5) is 5.69 Å². The number of anilines is 1. The summed E-state index contributed by atoms with van der Waals surface area (Å²) in [5.41, 5.74) is 0.679. The van der Waals surface area contributed by atoms with Gasteiger partial charge in [0.05, 0.1) is 18.8 Å². The Labute approximate surface area is 139 Å². The van der Waals surface area contributed by atoms with E-state index in [1.54, 1.807) is 29.2 Å². The van der Waals surface area contributed by atoms with Crippen molar-refractivity contribution in [3.05, 3.63) is 29.3 Å². The molecule has 124 valence electrons. The lowest BCUT2D eigenvalue weighted by Gasteiger charge is -2.25. The molecule has 1 aromatic rings. The van der Waals surface area contributed by atoms with E-state index in [1.807, 2.05) is 0 Å². The van der Waals surface area contributed by atoms with E-state index < -0.39 is 18.1 Å². The van der Waals surface area contributed by atoms with E-state index in [2.05, 4.69) is 0 Å². The highest BCUT2D eigenvalue weighted by Crippen LogP contribution is 2.30. The van der Waals surface area contributed by atoms with Crippen LogP contribution in [0.25, 0.3) is 0 Å². The Hall–Kier alpha value is -1.63. The van der Waals surface area contributed by atoms with Gasteiger partial charge in [-0.3, -0.25) is 9.59 Å². The number of likely N-dealkylation sites (tertiary alicyclic amines) is 1. The smallest absolute Gasteiger partial charge is 0.239 e. The molecule has 2 N–H and O–H groups in total. The predicted molar refractivity (Wildman–Crippen MR) is 85.1 cm³/mol. The third-order valence-electron chi connectivity index (χ3n) is 4.51. The summed E-state index contributed by atoms with van der Waals surface area (Å²) in [4.78, 5) is 28.3. The van der Waals surface area contributed by atoms with Gasteiger partial charge in [0.1, 0.15) is 5.92 Å². The standard InChI is InChI=1S/C16H19ClN2O4/c17-10-2-1-3-11(6-10)18-5-4-14(15(18)22)16(23)19-8-13(21)7-12(19)9-20/h1-3,6,12-14,20-21H,4-5,7-9H2/t12-,13-,14-/m0/s1. The molecular formula is C16H19ClN2O4. The van der Waals surface area contributed by atoms with Crippen molar-refractivity contribution in [3.8, 4) is 0 Å². The number of aliphatic hydroxyl groups is 2. The molecular weight excluding hydrogens is 320 g/mol. The number of β-amino-alcohol motifs (C(OH)–C–C–N with tert-alkyl or cyclic N) is 1. The van der Waals surface area contributed by atoms with E-state index in [1.165, 1.54) is 4.90 Å². The fraction of sp³-hybridized carbons (Fsp3) is 0.500. The van der Waals surface area contributed by atoms with Crippen LogP contribution in [-0.4, -0.2) is 58.8 Å². The maximum absolute atomic E-state index is 12.6. The zero-order chi connectivity index (χ0) is 16.6. The molecule has 2 aliphatic heterocycles. The molecule has 0 saturated carbocycles. The molecule has 2 fully saturated rings. The summed E-state index contributed by atoms with van der Waals surface area (Å²) in [6, 6.07) is 6.56. The molecule has 0 radical (unpaired) electrons. The summed E-state index contributed by atoms with van der Waals surface area (Å²) < 4.78 is 0. The second kappa shape index (κ2) is 6.47. The Bertz CT molecular complexity index is 624. The van der Waals surface area contributed by atoms with Crippen molar-refractivity contribution in [3.63, 3.8) is 0 Å². The fourth-order valence-corrected chi connectivity index (χ4v) is 3.53. The number of rotatable bonds is 3. The van der Waals surface area contributed by atoms with Crippen LogP contribution in [0.2, 0.25) is 5.02 Å². The SMILES string of the molecule is O=C1[C@@H](C(=O)N2C[C@@H](O)C[C@H]2CO)CCN1c1cccc(Cl)c1. The number of benzene rings is 1. The summed E-state index contributed by atoms with van der Waals surface area (Å²) in [6.45, 7) is 0.419. The molecule has 3 atom stereocenters. The molecule has 2 aliphatic rings. The van der Waals surface area contributed by atoms with Crippen molar-refractivity contribution in [1.29, 1.82) is 0 Å². The van der Waals surface area contributed by atoms with E-state index in [0.29, 0.717) is 30.1 Å². The zero-order valence-electron chi connectivity index (χ0n) is 12.6. The average molecular weight is 339 g/mol. The number of amides is 2. The lowest BCUT2D eigenvalue weighted by molar-refractivity contribution is -0.141. The number of halogens is 1. The first-order chi connectivity index (χ1) is 11.0. The van der Waals surface area contributed by atoms with E-state index in [-0.39, 0.29) is 25.0 Å². The summed E-state index contributed by atoms with van der Waals surface area (Å²) in [7, 11) is 0. The number of aliphatic hydroxyl groups excluding tert-OH is 2. The number of hydrogen-bond acceptors (Lipinski definition) is 4. The molecule has 3 rings (SSSR count). The Morgan fingerprint density at radius 1 is 1.39 bits per heavy atom. The predicted octanol–water partition coefficient (Wildman–Crippen LogP) is 0.647. The van der Waals surface area contributed by atoms with Gasteiger partial charge in [0.25, 0.3) is 0 Å². The largest absolute Gasteiger partial charge is 0.394 e. The average Bonchev–Trinajstić information content (AvgIpc) is 3.09. The van der Waals surface area contributed by atoms with Gasteiger partial charge in [-0.15, -0.1) is 0 Å². The van der Waals surface area contributed by atoms with Crippen LogP contribution in [0, 0.1) is 5.92 Å². The Morgan fingerprint density at radius 2 is 2.17 bits per heavy atom. The molecule has 0 bridgehead atoms. The highest BCUT2D eigenvalue weighted by atomic mass is 35.5. The monoisotopic (exact) mass is 338 g/mol. The normalized spacial score (nSPS) is 27.8. The molecule has 0 aliphatic carbocycles. The minimum Gasteiger partial charge on any atom is -0.394 e. The third kappa shape index (κ3) is 3.06. The second-order valence-corrected chi connectivity index (χ2v) is 6.46. The maximum atomic E-state index is 12.6. The first kappa shape index (κ1) is 16.2. The summed E-state index contributed by atoms with van der Waals surface area (Å²) in [5.74, 6) is -1.32. The van der Waals surface area contributed by atoms with Gasteiger partial charge in [-0.25, -0.2) is 0 Å². The van der Waals surface area contributed by atoms with Gasteiger partial charge >= 0.3 is 0 Å². The quantitative estimate of drug-likeness (QED) is 0.793. The van der Waals surface area contributed by atoms with E-state index in [0.717, 1.165) is 0 Å². The van der Waals surface area contributed by atoms with Crippen LogP contribution < -0.4 is 4.90 Å². The Kier molecular flexibility index (Phi) is 4.57. The summed E-state index contributed by atoms with van der Waals surface area (Å²) in [6.07, 6.45) is 0.132. The van der Waals surface area contributed by atoms with E-state index >= 15 is 0 Å². The van der Waals surface area contributed by atoms with Crippen LogP contribution >= 0.6 is 11.6 Å². The van der Waals surface area contributed by atoms with Crippen molar-refractivity contribution in [2.24, 2.45) is 5.92 Å². The first-order valence-corrected chi connectivity index (χ1v) is 8.05. The van der Waals surface area contributed by atoms with E-state index in [9.17, 15) is 19.8 Å². The molecule has 2 amide bonds. The van der Waals surface area contributed by atoms with Crippen molar-refractivity contribution >= 4 is 29.1 Å². The maximum Gasteiger partial charge on any atom is 0.239 e. The second-order valence-electron chi connectivity index (χ2n) is 6.03. The Morgan fingerprint density at radius 3 is 2.87 bits per heavy atom. The Balaban J connectivity index is 1.75. The van der Waals surface area contributed by atoms with Gasteiger partial charge in [-0.1, -0.05) is 17.7 Å². The van der Waals surface area contributed by atoms with Crippen molar-refractivity contribution in [2.75, 3.05) is 24.6 Å². The van der Waals surface area contributed by atoms with Gasteiger partial charge in [0.15, 0.2) is 0 Å². The molecule has 1 aromatic carbocycles. The number of hydrogen-bond donors (Lipinski definition) is 2. The number of carbonyl (C=O) groups is 2. The van der Waals surface area contributed by atoms with Crippen molar-refractivity contribution in [1.82, 2.24) is 4.90 Å². The zero-order valence-corrected chi connectivity index (χ0v) is 13.3. The summed E-state index contributed by atoms with van der Waals surface area (Å²) in [5, 5.41) is 19.6. The first-order valence-electron chi connectivity index (χ1n) is 7.67. The molecule has 2 saturated heterocycles. The molecule has 7 heteroatoms. The molecule has 0 spiro atoms. The minimum atomic E-state index is -0.756. The molecule has 6 nitrogen and oxygen atoms in total. The molecule has 0 unspecified atom stereocenters. The topological polar surface area (TPSA) is 81.1 Å². The summed E-state index contributed by atoms with van der Waals surface area (Å²) >= 11 is 5.96. The minimum absolute atomic E-state index is 0.172.